The lowest BCUT2D eigenvalue weighted by atomic mass is 10.1. The zero-order chi connectivity index (χ0) is 16.7. The van der Waals surface area contributed by atoms with Crippen LogP contribution >= 0.6 is 0 Å². The van der Waals surface area contributed by atoms with Crippen molar-refractivity contribution in [1.82, 2.24) is 10.6 Å². The summed E-state index contributed by atoms with van der Waals surface area (Å²) < 4.78 is 0. The molecule has 0 heterocycles. The van der Waals surface area contributed by atoms with Gasteiger partial charge in [-0.15, -0.1) is 0 Å². The van der Waals surface area contributed by atoms with E-state index in [0.717, 1.165) is 0 Å². The molecule has 0 amide bonds. The molecule has 0 aliphatic heterocycles. The van der Waals surface area contributed by atoms with Crippen molar-refractivity contribution in [2.24, 2.45) is 0 Å². The molecule has 0 fully saturated rings. The van der Waals surface area contributed by atoms with Gasteiger partial charge in [0.15, 0.2) is 0 Å². The molecule has 0 aliphatic rings. The van der Waals surface area contributed by atoms with Gasteiger partial charge in [-0.05, 0) is 55.4 Å². The summed E-state index contributed by atoms with van der Waals surface area (Å²) in [6.45, 7) is 14.9. The molecule has 0 saturated heterocycles. The van der Waals surface area contributed by atoms with E-state index in [0.29, 0.717) is 0 Å². The van der Waals surface area contributed by atoms with Crippen LogP contribution < -0.4 is 10.6 Å². The molecule has 0 bridgehead atoms. The molecular weight excluding hydrogens is 260 g/mol. The van der Waals surface area contributed by atoms with E-state index in [4.69, 9.17) is 10.2 Å². The molecule has 0 aromatic rings. The van der Waals surface area contributed by atoms with Gasteiger partial charge in [0.2, 0.25) is 0 Å². The molecule has 6 nitrogen and oxygen atoms in total. The topological polar surface area (TPSA) is 98.7 Å². The third kappa shape index (κ3) is 14.9. The van der Waals surface area contributed by atoms with Gasteiger partial charge in [-0.3, -0.25) is 20.2 Å². The molecule has 0 spiro atoms. The number of aliphatic carboxylic acids is 2. The number of hydrogen-bond acceptors (Lipinski definition) is 4. The van der Waals surface area contributed by atoms with E-state index in [2.05, 4.69) is 10.6 Å². The molecule has 4 N–H and O–H groups in total. The second kappa shape index (κ2) is 8.21. The van der Waals surface area contributed by atoms with Crippen LogP contribution in [0.1, 0.15) is 55.4 Å². The summed E-state index contributed by atoms with van der Waals surface area (Å²) in [5, 5.41) is 22.8. The number of carboxylic acids is 2. The molecule has 0 aromatic heterocycles. The first-order valence-corrected chi connectivity index (χ1v) is 6.66. The molecule has 0 aromatic carbocycles. The molecule has 2 atom stereocenters. The maximum atomic E-state index is 10.3. The van der Waals surface area contributed by atoms with Gasteiger partial charge in [0.25, 0.3) is 0 Å². The van der Waals surface area contributed by atoms with Crippen molar-refractivity contribution >= 4 is 11.9 Å². The van der Waals surface area contributed by atoms with E-state index >= 15 is 0 Å². The normalized spacial score (nSPS) is 14.8. The van der Waals surface area contributed by atoms with Crippen LogP contribution in [0.2, 0.25) is 0 Å². The fourth-order valence-corrected chi connectivity index (χ4v) is 1.42. The Morgan fingerprint density at radius 1 is 0.750 bits per heavy atom. The number of nitrogens with one attached hydrogen (secondary N) is 2. The fraction of sp³-hybridized carbons (Fsp3) is 0.857. The van der Waals surface area contributed by atoms with Gasteiger partial charge in [0.05, 0.1) is 0 Å². The molecule has 20 heavy (non-hydrogen) atoms. The van der Waals surface area contributed by atoms with E-state index in [1.165, 1.54) is 0 Å². The summed E-state index contributed by atoms with van der Waals surface area (Å²) >= 11 is 0. The summed E-state index contributed by atoms with van der Waals surface area (Å²) in [6, 6.07) is -0.944. The first-order valence-electron chi connectivity index (χ1n) is 6.66. The number of rotatable bonds is 4. The minimum Gasteiger partial charge on any atom is -0.480 e. The summed E-state index contributed by atoms with van der Waals surface area (Å²) in [5.41, 5.74) is -0.254. The van der Waals surface area contributed by atoms with Gasteiger partial charge in [-0.1, -0.05) is 0 Å². The zero-order valence-corrected chi connectivity index (χ0v) is 13.9. The zero-order valence-electron chi connectivity index (χ0n) is 13.9. The van der Waals surface area contributed by atoms with E-state index in [1.807, 2.05) is 41.5 Å². The molecular formula is C14H30N2O4. The van der Waals surface area contributed by atoms with Crippen molar-refractivity contribution in [3.63, 3.8) is 0 Å². The summed E-state index contributed by atoms with van der Waals surface area (Å²) in [7, 11) is 0. The number of carbonyl (C=O) groups is 2. The number of hydrogen-bond donors (Lipinski definition) is 4. The van der Waals surface area contributed by atoms with E-state index < -0.39 is 24.0 Å². The highest BCUT2D eigenvalue weighted by atomic mass is 16.4. The summed E-state index contributed by atoms with van der Waals surface area (Å²) in [4.78, 5) is 20.6. The third-order valence-electron chi connectivity index (χ3n) is 2.04. The van der Waals surface area contributed by atoms with Gasteiger partial charge < -0.3 is 10.2 Å². The summed E-state index contributed by atoms with van der Waals surface area (Å²) in [6.07, 6.45) is 0. The highest BCUT2D eigenvalue weighted by molar-refractivity contribution is 5.73. The van der Waals surface area contributed by atoms with Gasteiger partial charge in [-0.25, -0.2) is 0 Å². The van der Waals surface area contributed by atoms with Gasteiger partial charge in [-0.2, -0.15) is 0 Å². The lowest BCUT2D eigenvalue weighted by Gasteiger charge is -2.23. The second-order valence-corrected chi connectivity index (χ2v) is 6.91. The Morgan fingerprint density at radius 3 is 1.00 bits per heavy atom. The standard InChI is InChI=1S/2C7H15NO2/c2*1-5(6(9)10)8-7(2,3)4/h2*5,8H,1-4H3,(H,9,10)/t2*5-/m00/s1. The van der Waals surface area contributed by atoms with Crippen molar-refractivity contribution in [2.45, 2.75) is 78.6 Å². The average Bonchev–Trinajstić information content (AvgIpc) is 2.12. The quantitative estimate of drug-likeness (QED) is 0.629. The maximum absolute atomic E-state index is 10.3. The van der Waals surface area contributed by atoms with Crippen LogP contribution in [0.25, 0.3) is 0 Å². The van der Waals surface area contributed by atoms with Crippen molar-refractivity contribution in [1.29, 1.82) is 0 Å². The van der Waals surface area contributed by atoms with Crippen LogP contribution in [0, 0.1) is 0 Å². The Bertz CT molecular complexity index is 284. The van der Waals surface area contributed by atoms with Crippen LogP contribution in [0.3, 0.4) is 0 Å². The SMILES string of the molecule is C[C@H](NC(C)(C)C)C(=O)O.C[C@H](NC(C)(C)C)C(=O)O. The highest BCUT2D eigenvalue weighted by Gasteiger charge is 2.18. The molecule has 0 radical (unpaired) electrons. The molecule has 0 unspecified atom stereocenters. The molecule has 0 rings (SSSR count). The summed E-state index contributed by atoms with van der Waals surface area (Å²) in [5.74, 6) is -1.62. The predicted octanol–water partition coefficient (Wildman–Crippen LogP) is 1.70. The van der Waals surface area contributed by atoms with Gasteiger partial charge in [0.1, 0.15) is 12.1 Å². The van der Waals surface area contributed by atoms with Crippen molar-refractivity contribution in [2.75, 3.05) is 0 Å². The molecule has 0 aliphatic carbocycles. The molecule has 0 saturated carbocycles. The Balaban J connectivity index is 0. The Kier molecular flexibility index (Phi) is 8.69. The molecule has 6 heteroatoms. The Hall–Kier alpha value is -1.14. The van der Waals surface area contributed by atoms with Crippen LogP contribution in [0.15, 0.2) is 0 Å². The van der Waals surface area contributed by atoms with Crippen LogP contribution in [0.5, 0.6) is 0 Å². The first kappa shape index (κ1) is 21.2. The van der Waals surface area contributed by atoms with E-state index in [9.17, 15) is 9.59 Å². The minimum atomic E-state index is -0.810. The predicted molar refractivity (Wildman–Crippen MR) is 80.0 cm³/mol. The maximum Gasteiger partial charge on any atom is 0.320 e. The Morgan fingerprint density at radius 2 is 0.950 bits per heavy atom. The van der Waals surface area contributed by atoms with Crippen LogP contribution in [-0.4, -0.2) is 45.3 Å². The van der Waals surface area contributed by atoms with Gasteiger partial charge in [0, 0.05) is 11.1 Å². The number of carboxylic acid groups (broad SMARTS) is 2. The largest absolute Gasteiger partial charge is 0.480 e. The van der Waals surface area contributed by atoms with Crippen molar-refractivity contribution in [3.8, 4) is 0 Å². The average molecular weight is 290 g/mol. The lowest BCUT2D eigenvalue weighted by molar-refractivity contribution is -0.140. The third-order valence-corrected chi connectivity index (χ3v) is 2.04. The van der Waals surface area contributed by atoms with Crippen molar-refractivity contribution < 1.29 is 19.8 Å². The second-order valence-electron chi connectivity index (χ2n) is 6.91. The van der Waals surface area contributed by atoms with E-state index in [1.54, 1.807) is 13.8 Å². The first-order chi connectivity index (χ1) is 8.65. The Labute approximate surface area is 122 Å². The molecule has 120 valence electrons. The minimum absolute atomic E-state index is 0.127. The van der Waals surface area contributed by atoms with Crippen molar-refractivity contribution in [3.05, 3.63) is 0 Å². The smallest absolute Gasteiger partial charge is 0.320 e. The van der Waals surface area contributed by atoms with Crippen LogP contribution in [0.4, 0.5) is 0 Å². The van der Waals surface area contributed by atoms with Crippen LogP contribution in [-0.2, 0) is 9.59 Å². The fourth-order valence-electron chi connectivity index (χ4n) is 1.42. The van der Waals surface area contributed by atoms with Gasteiger partial charge >= 0.3 is 11.9 Å². The highest BCUT2D eigenvalue weighted by Crippen LogP contribution is 2.01. The lowest BCUT2D eigenvalue weighted by Crippen LogP contribution is -2.45. The van der Waals surface area contributed by atoms with E-state index in [-0.39, 0.29) is 11.1 Å². The monoisotopic (exact) mass is 290 g/mol.